The average molecular weight is 441 g/mol. The third-order valence-electron chi connectivity index (χ3n) is 5.54. The van der Waals surface area contributed by atoms with Crippen molar-refractivity contribution in [3.05, 3.63) is 65.0 Å². The molecule has 1 fully saturated rings. The van der Waals surface area contributed by atoms with Crippen LogP contribution in [0.2, 0.25) is 0 Å². The summed E-state index contributed by atoms with van der Waals surface area (Å²) in [4.78, 5) is 4.45. The fraction of sp³-hybridized carbons (Fsp3) is 0.273. The van der Waals surface area contributed by atoms with Gasteiger partial charge in [0.15, 0.2) is 0 Å². The summed E-state index contributed by atoms with van der Waals surface area (Å²) in [6.07, 6.45) is 1.34. The van der Waals surface area contributed by atoms with Crippen LogP contribution in [0.15, 0.2) is 52.9 Å². The van der Waals surface area contributed by atoms with E-state index in [2.05, 4.69) is 15.5 Å². The van der Waals surface area contributed by atoms with Gasteiger partial charge in [-0.15, -0.1) is 11.3 Å². The molecule has 0 radical (unpaired) electrons. The minimum Gasteiger partial charge on any atom is -0.399 e. The summed E-state index contributed by atoms with van der Waals surface area (Å²) in [7, 11) is -1.11. The van der Waals surface area contributed by atoms with Crippen molar-refractivity contribution in [2.75, 3.05) is 5.43 Å². The maximum absolute atomic E-state index is 14.7. The lowest BCUT2D eigenvalue weighted by Crippen LogP contribution is -2.41. The highest BCUT2D eigenvalue weighted by molar-refractivity contribution is 7.14. The predicted molar refractivity (Wildman–Crippen MR) is 121 cm³/mol. The third-order valence-corrected chi connectivity index (χ3v) is 6.28. The first-order valence-corrected chi connectivity index (χ1v) is 10.7. The first kappa shape index (κ1) is 21.6. The van der Waals surface area contributed by atoms with E-state index in [1.165, 1.54) is 29.7 Å². The number of benzene rings is 2. The lowest BCUT2D eigenvalue weighted by Gasteiger charge is -2.32. The van der Waals surface area contributed by atoms with E-state index in [0.29, 0.717) is 5.13 Å². The van der Waals surface area contributed by atoms with E-state index in [-0.39, 0.29) is 11.0 Å². The van der Waals surface area contributed by atoms with Gasteiger partial charge >= 0.3 is 7.12 Å². The molecular formula is C22H22BF2N3O2S. The molecule has 5 nitrogen and oxygen atoms in total. The lowest BCUT2D eigenvalue weighted by atomic mass is 9.77. The summed E-state index contributed by atoms with van der Waals surface area (Å²) in [5, 5.41) is 6.53. The fourth-order valence-corrected chi connectivity index (χ4v) is 3.76. The third kappa shape index (κ3) is 4.39. The Kier molecular flexibility index (Phi) is 5.68. The number of hydrazone groups is 1. The van der Waals surface area contributed by atoms with Crippen LogP contribution < -0.4 is 10.9 Å². The molecule has 0 bridgehead atoms. The van der Waals surface area contributed by atoms with Gasteiger partial charge in [-0.2, -0.15) is 5.10 Å². The Morgan fingerprint density at radius 3 is 2.26 bits per heavy atom. The number of hydrogen-bond acceptors (Lipinski definition) is 6. The first-order valence-electron chi connectivity index (χ1n) is 9.81. The molecule has 31 heavy (non-hydrogen) atoms. The Hall–Kier alpha value is -2.62. The highest BCUT2D eigenvalue weighted by atomic mass is 32.1. The lowest BCUT2D eigenvalue weighted by molar-refractivity contribution is 0.00578. The number of nitrogens with zero attached hydrogens (tertiary/aromatic N) is 2. The van der Waals surface area contributed by atoms with Crippen molar-refractivity contribution >= 4 is 35.3 Å². The molecule has 160 valence electrons. The van der Waals surface area contributed by atoms with Gasteiger partial charge in [0.1, 0.15) is 11.6 Å². The largest absolute Gasteiger partial charge is 0.500 e. The molecule has 1 aliphatic rings. The van der Waals surface area contributed by atoms with Crippen LogP contribution in [0.25, 0.3) is 11.3 Å². The van der Waals surface area contributed by atoms with Gasteiger partial charge in [-0.3, -0.25) is 5.43 Å². The van der Waals surface area contributed by atoms with Crippen molar-refractivity contribution in [3.8, 4) is 11.3 Å². The Morgan fingerprint density at radius 1 is 1.03 bits per heavy atom. The van der Waals surface area contributed by atoms with Crippen molar-refractivity contribution in [1.82, 2.24) is 4.98 Å². The number of anilines is 1. The summed E-state index contributed by atoms with van der Waals surface area (Å²) < 4.78 is 41.0. The van der Waals surface area contributed by atoms with E-state index >= 15 is 0 Å². The normalized spacial score (nSPS) is 17.4. The monoisotopic (exact) mass is 441 g/mol. The maximum Gasteiger partial charge on any atom is 0.500 e. The molecule has 4 rings (SSSR count). The van der Waals surface area contributed by atoms with Gasteiger partial charge in [0.05, 0.1) is 28.6 Å². The average Bonchev–Trinajstić information content (AvgIpc) is 3.24. The van der Waals surface area contributed by atoms with Crippen LogP contribution in [0.3, 0.4) is 0 Å². The minimum atomic E-state index is -1.11. The fourth-order valence-electron chi connectivity index (χ4n) is 3.09. The zero-order chi connectivity index (χ0) is 22.2. The molecule has 2 aromatic carbocycles. The second-order valence-corrected chi connectivity index (χ2v) is 9.12. The van der Waals surface area contributed by atoms with E-state index in [9.17, 15) is 8.78 Å². The molecule has 0 saturated carbocycles. The van der Waals surface area contributed by atoms with Crippen molar-refractivity contribution in [2.45, 2.75) is 38.9 Å². The molecule has 1 N–H and O–H groups in total. The zero-order valence-corrected chi connectivity index (χ0v) is 18.5. The highest BCUT2D eigenvalue weighted by Gasteiger charge is 2.53. The Bertz CT molecular complexity index is 1080. The molecule has 1 aliphatic heterocycles. The van der Waals surface area contributed by atoms with Crippen LogP contribution in [0.5, 0.6) is 0 Å². The van der Waals surface area contributed by atoms with E-state index < -0.39 is 30.0 Å². The SMILES string of the molecule is CC1(C)OB(c2c(F)cc(C=NNc3nc(-c4ccccc4)cs3)cc2F)OC1(C)C. The predicted octanol–water partition coefficient (Wildman–Crippen LogP) is 4.83. The van der Waals surface area contributed by atoms with Gasteiger partial charge in [-0.05, 0) is 39.8 Å². The Labute approximate surface area is 184 Å². The summed E-state index contributed by atoms with van der Waals surface area (Å²) in [6.45, 7) is 7.32. The number of aromatic nitrogens is 1. The molecule has 1 saturated heterocycles. The summed E-state index contributed by atoms with van der Waals surface area (Å²) in [5.41, 5.74) is 3.27. The van der Waals surface area contributed by atoms with Crippen LogP contribution in [0.1, 0.15) is 33.3 Å². The molecule has 3 aromatic rings. The zero-order valence-electron chi connectivity index (χ0n) is 17.6. The van der Waals surface area contributed by atoms with Crippen molar-refractivity contribution in [2.24, 2.45) is 5.10 Å². The molecule has 0 spiro atoms. The highest BCUT2D eigenvalue weighted by Crippen LogP contribution is 2.36. The number of halogens is 2. The smallest absolute Gasteiger partial charge is 0.399 e. The van der Waals surface area contributed by atoms with Gasteiger partial charge < -0.3 is 9.31 Å². The van der Waals surface area contributed by atoms with Gasteiger partial charge in [0.2, 0.25) is 5.13 Å². The summed E-state index contributed by atoms with van der Waals surface area (Å²) in [6, 6.07) is 12.2. The molecule has 2 heterocycles. The Balaban J connectivity index is 1.47. The second kappa shape index (κ2) is 8.14. The van der Waals surface area contributed by atoms with E-state index in [1.54, 1.807) is 0 Å². The van der Waals surface area contributed by atoms with E-state index in [0.717, 1.165) is 11.3 Å². The summed E-state index contributed by atoms with van der Waals surface area (Å²) >= 11 is 1.39. The summed E-state index contributed by atoms with van der Waals surface area (Å²) in [5.74, 6) is -1.50. The number of thiazole rings is 1. The molecule has 0 atom stereocenters. The van der Waals surface area contributed by atoms with Crippen LogP contribution >= 0.6 is 11.3 Å². The number of rotatable bonds is 5. The van der Waals surface area contributed by atoms with Crippen LogP contribution in [0, 0.1) is 11.6 Å². The first-order chi connectivity index (χ1) is 14.7. The molecule has 1 aromatic heterocycles. The van der Waals surface area contributed by atoms with E-state index in [1.807, 2.05) is 63.4 Å². The number of hydrogen-bond donors (Lipinski definition) is 1. The van der Waals surface area contributed by atoms with Crippen molar-refractivity contribution in [1.29, 1.82) is 0 Å². The maximum atomic E-state index is 14.7. The molecule has 0 aliphatic carbocycles. The quantitative estimate of drug-likeness (QED) is 0.350. The van der Waals surface area contributed by atoms with Crippen LogP contribution in [-0.4, -0.2) is 29.5 Å². The molecule has 9 heteroatoms. The topological polar surface area (TPSA) is 55.7 Å². The van der Waals surface area contributed by atoms with Crippen molar-refractivity contribution < 1.29 is 18.1 Å². The molecular weight excluding hydrogens is 419 g/mol. The van der Waals surface area contributed by atoms with Crippen LogP contribution in [0.4, 0.5) is 13.9 Å². The van der Waals surface area contributed by atoms with E-state index in [4.69, 9.17) is 9.31 Å². The molecule has 0 amide bonds. The standard InChI is InChI=1S/C22H22BF2N3O2S/c1-21(2)22(3,4)30-23(29-21)19-16(24)10-14(11-17(19)25)12-26-28-20-27-18(13-31-20)15-8-6-5-7-9-15/h5-13H,1-4H3,(H,27,28). The Morgan fingerprint density at radius 2 is 1.65 bits per heavy atom. The van der Waals surface area contributed by atoms with Gasteiger partial charge in [0, 0.05) is 16.5 Å². The molecule has 0 unspecified atom stereocenters. The van der Waals surface area contributed by atoms with Crippen LogP contribution in [-0.2, 0) is 9.31 Å². The second-order valence-electron chi connectivity index (χ2n) is 8.26. The van der Waals surface area contributed by atoms with Gasteiger partial charge in [-0.25, -0.2) is 13.8 Å². The van der Waals surface area contributed by atoms with Gasteiger partial charge in [-0.1, -0.05) is 30.3 Å². The van der Waals surface area contributed by atoms with Crippen molar-refractivity contribution in [3.63, 3.8) is 0 Å². The van der Waals surface area contributed by atoms with Gasteiger partial charge in [0.25, 0.3) is 0 Å². The minimum absolute atomic E-state index is 0.240. The number of nitrogens with one attached hydrogen (secondary N) is 1.